The molecule has 0 aromatic carbocycles. The second kappa shape index (κ2) is 8.63. The maximum absolute atomic E-state index is 12.8. The number of amides is 1. The van der Waals surface area contributed by atoms with Crippen LogP contribution in [0.3, 0.4) is 0 Å². The smallest absolute Gasteiger partial charge is 0.270 e. The molecule has 1 saturated heterocycles. The Balaban J connectivity index is 1.65. The highest BCUT2D eigenvalue weighted by molar-refractivity contribution is 5.93. The molecule has 1 aromatic heterocycles. The van der Waals surface area contributed by atoms with Crippen molar-refractivity contribution < 1.29 is 4.79 Å². The van der Waals surface area contributed by atoms with E-state index in [2.05, 4.69) is 34.0 Å². The molecule has 2 unspecified atom stereocenters. The van der Waals surface area contributed by atoms with E-state index in [0.29, 0.717) is 17.5 Å². The van der Waals surface area contributed by atoms with Crippen molar-refractivity contribution in [2.24, 2.45) is 11.8 Å². The molecular formula is C20H32N4O. The van der Waals surface area contributed by atoms with Gasteiger partial charge in [-0.2, -0.15) is 0 Å². The summed E-state index contributed by atoms with van der Waals surface area (Å²) in [4.78, 5) is 23.6. The zero-order chi connectivity index (χ0) is 17.6. The van der Waals surface area contributed by atoms with Crippen molar-refractivity contribution in [3.05, 3.63) is 18.1 Å². The van der Waals surface area contributed by atoms with E-state index in [1.165, 1.54) is 51.3 Å². The largest absolute Gasteiger partial charge is 0.357 e. The van der Waals surface area contributed by atoms with E-state index >= 15 is 0 Å². The molecule has 0 spiro atoms. The van der Waals surface area contributed by atoms with Gasteiger partial charge in [0.05, 0.1) is 0 Å². The first-order chi connectivity index (χ1) is 12.1. The SMILES string of the molecule is CC(C)CC1CCCCC1NC(=O)c1cc(N2CCCCC2)ncn1. The number of carbonyl (C=O) groups is 1. The van der Waals surface area contributed by atoms with Gasteiger partial charge in [-0.3, -0.25) is 4.79 Å². The van der Waals surface area contributed by atoms with Crippen molar-refractivity contribution in [2.45, 2.75) is 71.3 Å². The van der Waals surface area contributed by atoms with Gasteiger partial charge < -0.3 is 10.2 Å². The van der Waals surface area contributed by atoms with E-state index in [1.54, 1.807) is 0 Å². The second-order valence-corrected chi connectivity index (χ2v) is 8.06. The van der Waals surface area contributed by atoms with Crippen LogP contribution in [0.4, 0.5) is 5.82 Å². The predicted octanol–water partition coefficient (Wildman–Crippen LogP) is 3.80. The van der Waals surface area contributed by atoms with Crippen LogP contribution >= 0.6 is 0 Å². The van der Waals surface area contributed by atoms with Gasteiger partial charge in [0.15, 0.2) is 0 Å². The lowest BCUT2D eigenvalue weighted by molar-refractivity contribution is 0.0893. The van der Waals surface area contributed by atoms with Gasteiger partial charge >= 0.3 is 0 Å². The van der Waals surface area contributed by atoms with Crippen LogP contribution in [0.5, 0.6) is 0 Å². The maximum atomic E-state index is 12.8. The quantitative estimate of drug-likeness (QED) is 0.882. The number of nitrogens with one attached hydrogen (secondary N) is 1. The second-order valence-electron chi connectivity index (χ2n) is 8.06. The Bertz CT molecular complexity index is 569. The number of piperidine rings is 1. The Morgan fingerprint density at radius 3 is 2.68 bits per heavy atom. The molecule has 3 rings (SSSR count). The molecule has 1 aliphatic heterocycles. The first-order valence-electron chi connectivity index (χ1n) is 10.0. The molecule has 1 N–H and O–H groups in total. The summed E-state index contributed by atoms with van der Waals surface area (Å²) in [6, 6.07) is 2.15. The monoisotopic (exact) mass is 344 g/mol. The highest BCUT2D eigenvalue weighted by atomic mass is 16.1. The van der Waals surface area contributed by atoms with Crippen molar-refractivity contribution in [2.75, 3.05) is 18.0 Å². The van der Waals surface area contributed by atoms with Crippen LogP contribution < -0.4 is 10.2 Å². The maximum Gasteiger partial charge on any atom is 0.270 e. The number of anilines is 1. The zero-order valence-electron chi connectivity index (χ0n) is 15.7. The van der Waals surface area contributed by atoms with E-state index in [-0.39, 0.29) is 11.9 Å². The van der Waals surface area contributed by atoms with Gasteiger partial charge in [-0.1, -0.05) is 26.7 Å². The van der Waals surface area contributed by atoms with Crippen molar-refractivity contribution >= 4 is 11.7 Å². The number of rotatable bonds is 5. The van der Waals surface area contributed by atoms with Crippen molar-refractivity contribution in [3.8, 4) is 0 Å². The fourth-order valence-corrected chi connectivity index (χ4v) is 4.29. The number of aromatic nitrogens is 2. The minimum atomic E-state index is -0.0404. The Morgan fingerprint density at radius 2 is 1.92 bits per heavy atom. The molecule has 2 aliphatic rings. The summed E-state index contributed by atoms with van der Waals surface area (Å²) in [5, 5.41) is 3.27. The van der Waals surface area contributed by atoms with Gasteiger partial charge in [0.25, 0.3) is 5.91 Å². The van der Waals surface area contributed by atoms with Crippen molar-refractivity contribution in [1.29, 1.82) is 0 Å². The molecule has 25 heavy (non-hydrogen) atoms. The highest BCUT2D eigenvalue weighted by Crippen LogP contribution is 2.30. The molecule has 5 nitrogen and oxygen atoms in total. The summed E-state index contributed by atoms with van der Waals surface area (Å²) < 4.78 is 0. The normalized spacial score (nSPS) is 24.4. The first-order valence-corrected chi connectivity index (χ1v) is 10.0. The molecule has 1 amide bonds. The average molecular weight is 345 g/mol. The van der Waals surface area contributed by atoms with Crippen LogP contribution in [0.1, 0.15) is 75.7 Å². The number of carbonyl (C=O) groups excluding carboxylic acids is 1. The molecule has 1 saturated carbocycles. The molecule has 2 atom stereocenters. The molecular weight excluding hydrogens is 312 g/mol. The van der Waals surface area contributed by atoms with Crippen LogP contribution in [0.15, 0.2) is 12.4 Å². The van der Waals surface area contributed by atoms with Crippen LogP contribution in [0, 0.1) is 11.8 Å². The van der Waals surface area contributed by atoms with Gasteiger partial charge in [0.1, 0.15) is 17.8 Å². The third-order valence-electron chi connectivity index (χ3n) is 5.57. The van der Waals surface area contributed by atoms with Crippen molar-refractivity contribution in [3.63, 3.8) is 0 Å². The van der Waals surface area contributed by atoms with Crippen LogP contribution in [-0.2, 0) is 0 Å². The average Bonchev–Trinajstić information content (AvgIpc) is 2.64. The summed E-state index contributed by atoms with van der Waals surface area (Å²) in [7, 11) is 0. The standard InChI is InChI=1S/C20H32N4O/c1-15(2)12-16-8-4-5-9-17(16)23-20(25)18-13-19(22-14-21-18)24-10-6-3-7-11-24/h13-17H,3-12H2,1-2H3,(H,23,25). The Hall–Kier alpha value is -1.65. The van der Waals surface area contributed by atoms with E-state index in [0.717, 1.165) is 25.3 Å². The summed E-state index contributed by atoms with van der Waals surface area (Å²) >= 11 is 0. The van der Waals surface area contributed by atoms with Crippen LogP contribution in [0.25, 0.3) is 0 Å². The number of hydrogen-bond acceptors (Lipinski definition) is 4. The lowest BCUT2D eigenvalue weighted by atomic mass is 9.79. The Labute approximate surface area is 151 Å². The molecule has 0 radical (unpaired) electrons. The van der Waals surface area contributed by atoms with Gasteiger partial charge in [-0.05, 0) is 50.4 Å². The summed E-state index contributed by atoms with van der Waals surface area (Å²) in [6.07, 6.45) is 11.2. The van der Waals surface area contributed by atoms with E-state index < -0.39 is 0 Å². The number of hydrogen-bond donors (Lipinski definition) is 1. The number of nitrogens with zero attached hydrogens (tertiary/aromatic N) is 3. The van der Waals surface area contributed by atoms with Crippen molar-refractivity contribution in [1.82, 2.24) is 15.3 Å². The fourth-order valence-electron chi connectivity index (χ4n) is 4.29. The molecule has 0 bridgehead atoms. The van der Waals surface area contributed by atoms with Crippen LogP contribution in [-0.4, -0.2) is 35.0 Å². The van der Waals surface area contributed by atoms with Gasteiger partial charge in [-0.25, -0.2) is 9.97 Å². The minimum Gasteiger partial charge on any atom is -0.357 e. The molecule has 1 aliphatic carbocycles. The van der Waals surface area contributed by atoms with Crippen LogP contribution in [0.2, 0.25) is 0 Å². The molecule has 138 valence electrons. The molecule has 5 heteroatoms. The third-order valence-corrected chi connectivity index (χ3v) is 5.57. The lowest BCUT2D eigenvalue weighted by Crippen LogP contribution is -2.43. The zero-order valence-corrected chi connectivity index (χ0v) is 15.7. The summed E-state index contributed by atoms with van der Waals surface area (Å²) in [6.45, 7) is 6.58. The molecule has 1 aromatic rings. The topological polar surface area (TPSA) is 58.1 Å². The Kier molecular flexibility index (Phi) is 6.27. The minimum absolute atomic E-state index is 0.0404. The van der Waals surface area contributed by atoms with Gasteiger partial charge in [0.2, 0.25) is 0 Å². The van der Waals surface area contributed by atoms with E-state index in [1.807, 2.05) is 6.07 Å². The lowest BCUT2D eigenvalue weighted by Gasteiger charge is -2.33. The molecule has 2 fully saturated rings. The Morgan fingerprint density at radius 1 is 1.16 bits per heavy atom. The predicted molar refractivity (Wildman–Crippen MR) is 101 cm³/mol. The van der Waals surface area contributed by atoms with E-state index in [9.17, 15) is 4.79 Å². The van der Waals surface area contributed by atoms with Gasteiger partial charge in [-0.15, -0.1) is 0 Å². The highest BCUT2D eigenvalue weighted by Gasteiger charge is 2.27. The molecule has 2 heterocycles. The third kappa shape index (κ3) is 4.93. The summed E-state index contributed by atoms with van der Waals surface area (Å²) in [5.74, 6) is 2.12. The first kappa shape index (κ1) is 18.2. The fraction of sp³-hybridized carbons (Fsp3) is 0.750. The van der Waals surface area contributed by atoms with Gasteiger partial charge in [0, 0.05) is 25.2 Å². The van der Waals surface area contributed by atoms with E-state index in [4.69, 9.17) is 0 Å². The summed E-state index contributed by atoms with van der Waals surface area (Å²) in [5.41, 5.74) is 0.504.